The summed E-state index contributed by atoms with van der Waals surface area (Å²) in [6.07, 6.45) is 6.27. The minimum Gasteiger partial charge on any atom is -0.276 e. The molecule has 1 rings (SSSR count). The lowest BCUT2D eigenvalue weighted by Gasteiger charge is -2.37. The van der Waals surface area contributed by atoms with E-state index in [1.165, 1.54) is 11.4 Å². The van der Waals surface area contributed by atoms with Gasteiger partial charge in [-0.2, -0.15) is 0 Å². The highest BCUT2D eigenvalue weighted by molar-refractivity contribution is 8.57. The van der Waals surface area contributed by atoms with Crippen LogP contribution in [0.15, 0.2) is 0 Å². The molecule has 2 unspecified atom stereocenters. The molecule has 3 nitrogen and oxygen atoms in total. The van der Waals surface area contributed by atoms with Crippen LogP contribution in [0.3, 0.4) is 0 Å². The van der Waals surface area contributed by atoms with Crippen molar-refractivity contribution in [3.63, 3.8) is 0 Å². The lowest BCUT2D eigenvalue weighted by Crippen LogP contribution is -2.30. The van der Waals surface area contributed by atoms with E-state index < -0.39 is 6.65 Å². The Morgan fingerprint density at radius 1 is 1.69 bits per heavy atom. The van der Waals surface area contributed by atoms with Gasteiger partial charge in [-0.05, 0) is 38.9 Å². The van der Waals surface area contributed by atoms with Crippen LogP contribution in [-0.4, -0.2) is 42.3 Å². The quantitative estimate of drug-likeness (QED) is 0.494. The second-order valence-electron chi connectivity index (χ2n) is 3.27. The maximum absolute atomic E-state index is 12.4. The summed E-state index contributed by atoms with van der Waals surface area (Å²) in [6.45, 7) is -1.59. The Hall–Kier alpha value is 0.0600. The highest BCUT2D eigenvalue weighted by atomic mass is 32.7. The van der Waals surface area contributed by atoms with Crippen molar-refractivity contribution < 1.29 is 4.57 Å². The third-order valence-corrected chi connectivity index (χ3v) is 8.48. The van der Waals surface area contributed by atoms with Gasteiger partial charge >= 0.3 is 0 Å². The highest BCUT2D eigenvalue weighted by Crippen LogP contribution is 2.66. The highest BCUT2D eigenvalue weighted by Gasteiger charge is 2.37. The molecule has 0 bridgehead atoms. The molecule has 0 aromatic heterocycles. The molecule has 0 amide bonds. The van der Waals surface area contributed by atoms with Crippen molar-refractivity contribution in [1.82, 2.24) is 9.34 Å². The SMILES string of the molecule is C#CC1CCN(C)P(=O)(N(C)C)S1. The van der Waals surface area contributed by atoms with E-state index in [9.17, 15) is 4.57 Å². The summed E-state index contributed by atoms with van der Waals surface area (Å²) in [4.78, 5) is 0. The second-order valence-corrected chi connectivity index (χ2v) is 8.57. The normalized spacial score (nSPS) is 36.1. The van der Waals surface area contributed by atoms with E-state index in [0.29, 0.717) is 0 Å². The summed E-state index contributed by atoms with van der Waals surface area (Å²) in [7, 11) is 5.56. The molecule has 0 aromatic rings. The van der Waals surface area contributed by atoms with E-state index in [1.807, 2.05) is 25.8 Å². The molecule has 0 aliphatic carbocycles. The van der Waals surface area contributed by atoms with Gasteiger partial charge in [0.25, 0.3) is 6.65 Å². The van der Waals surface area contributed by atoms with Gasteiger partial charge in [0.15, 0.2) is 0 Å². The number of terminal acetylenes is 1. The van der Waals surface area contributed by atoms with Gasteiger partial charge < -0.3 is 0 Å². The van der Waals surface area contributed by atoms with E-state index >= 15 is 0 Å². The first-order valence-electron chi connectivity index (χ1n) is 4.14. The fourth-order valence-corrected chi connectivity index (χ4v) is 5.96. The fourth-order valence-electron chi connectivity index (χ4n) is 1.24. The molecule has 1 aliphatic rings. The average molecular weight is 218 g/mol. The summed E-state index contributed by atoms with van der Waals surface area (Å²) >= 11 is 1.42. The third-order valence-electron chi connectivity index (χ3n) is 2.10. The van der Waals surface area contributed by atoms with E-state index in [2.05, 4.69) is 5.92 Å². The van der Waals surface area contributed by atoms with Crippen molar-refractivity contribution in [1.29, 1.82) is 0 Å². The molecule has 13 heavy (non-hydrogen) atoms. The van der Waals surface area contributed by atoms with Gasteiger partial charge in [0, 0.05) is 6.54 Å². The van der Waals surface area contributed by atoms with Crippen LogP contribution >= 0.6 is 18.0 Å². The largest absolute Gasteiger partial charge is 0.276 e. The molecule has 2 atom stereocenters. The first kappa shape index (κ1) is 11.1. The maximum Gasteiger partial charge on any atom is 0.272 e. The van der Waals surface area contributed by atoms with Crippen molar-refractivity contribution >= 4 is 18.0 Å². The lowest BCUT2D eigenvalue weighted by molar-refractivity contribution is 0.422. The predicted molar refractivity (Wildman–Crippen MR) is 58.8 cm³/mol. The molecule has 0 N–H and O–H groups in total. The van der Waals surface area contributed by atoms with Gasteiger partial charge in [-0.3, -0.25) is 4.57 Å². The predicted octanol–water partition coefficient (Wildman–Crippen LogP) is 1.73. The van der Waals surface area contributed by atoms with Crippen LogP contribution in [-0.2, 0) is 4.57 Å². The monoisotopic (exact) mass is 218 g/mol. The van der Waals surface area contributed by atoms with Crippen LogP contribution in [0.2, 0.25) is 0 Å². The Kier molecular flexibility index (Phi) is 3.48. The van der Waals surface area contributed by atoms with Crippen molar-refractivity contribution in [3.05, 3.63) is 0 Å². The number of hydrogen-bond acceptors (Lipinski definition) is 2. The van der Waals surface area contributed by atoms with E-state index in [1.54, 1.807) is 4.67 Å². The molecule has 1 aliphatic heterocycles. The molecule has 0 radical (unpaired) electrons. The van der Waals surface area contributed by atoms with E-state index in [0.717, 1.165) is 13.0 Å². The number of rotatable bonds is 1. The molecular weight excluding hydrogens is 203 g/mol. The summed E-state index contributed by atoms with van der Waals surface area (Å²) in [6, 6.07) is 0. The zero-order valence-electron chi connectivity index (χ0n) is 8.23. The molecule has 0 aromatic carbocycles. The fraction of sp³-hybridized carbons (Fsp3) is 0.750. The molecular formula is C8H15N2OPS. The summed E-state index contributed by atoms with van der Waals surface area (Å²) in [5.41, 5.74) is 0. The molecule has 1 saturated heterocycles. The molecule has 1 fully saturated rings. The first-order valence-corrected chi connectivity index (χ1v) is 7.24. The Morgan fingerprint density at radius 2 is 2.31 bits per heavy atom. The number of nitrogens with zero attached hydrogens (tertiary/aromatic N) is 2. The van der Waals surface area contributed by atoms with Crippen molar-refractivity contribution in [2.75, 3.05) is 27.7 Å². The van der Waals surface area contributed by atoms with Gasteiger partial charge in [-0.1, -0.05) is 5.92 Å². The average Bonchev–Trinajstić information content (AvgIpc) is 2.09. The van der Waals surface area contributed by atoms with Crippen molar-refractivity contribution in [3.8, 4) is 12.3 Å². The molecule has 0 saturated carbocycles. The minimum atomic E-state index is -2.41. The van der Waals surface area contributed by atoms with Crippen molar-refractivity contribution in [2.45, 2.75) is 11.7 Å². The Morgan fingerprint density at radius 3 is 2.77 bits per heavy atom. The van der Waals surface area contributed by atoms with Gasteiger partial charge in [0.05, 0.1) is 5.25 Å². The van der Waals surface area contributed by atoms with Crippen LogP contribution < -0.4 is 0 Å². The van der Waals surface area contributed by atoms with E-state index in [-0.39, 0.29) is 5.25 Å². The van der Waals surface area contributed by atoms with Gasteiger partial charge in [-0.25, -0.2) is 9.34 Å². The molecule has 0 spiro atoms. The zero-order valence-corrected chi connectivity index (χ0v) is 9.94. The van der Waals surface area contributed by atoms with Gasteiger partial charge in [-0.15, -0.1) is 6.42 Å². The van der Waals surface area contributed by atoms with Crippen molar-refractivity contribution in [2.24, 2.45) is 0 Å². The minimum absolute atomic E-state index is 0.101. The van der Waals surface area contributed by atoms with Crippen LogP contribution in [0.4, 0.5) is 0 Å². The topological polar surface area (TPSA) is 23.6 Å². The molecule has 74 valence electrons. The summed E-state index contributed by atoms with van der Waals surface area (Å²) in [5.74, 6) is 2.67. The summed E-state index contributed by atoms with van der Waals surface area (Å²) < 4.78 is 16.0. The standard InChI is InChI=1S/C8H15N2OPS/c1-5-8-6-7-10(4)12(11,13-8)9(2)3/h1,8H,6-7H2,2-4H3. The molecule has 5 heteroatoms. The Labute approximate surface area is 84.1 Å². The second kappa shape index (κ2) is 4.06. The molecule has 1 heterocycles. The zero-order chi connectivity index (χ0) is 10.1. The summed E-state index contributed by atoms with van der Waals surface area (Å²) in [5, 5.41) is 0.101. The van der Waals surface area contributed by atoms with Crippen LogP contribution in [0.1, 0.15) is 6.42 Å². The smallest absolute Gasteiger partial charge is 0.272 e. The Balaban J connectivity index is 2.83. The van der Waals surface area contributed by atoms with Crippen LogP contribution in [0.25, 0.3) is 0 Å². The van der Waals surface area contributed by atoms with Crippen LogP contribution in [0.5, 0.6) is 0 Å². The maximum atomic E-state index is 12.4. The third kappa shape index (κ3) is 2.11. The van der Waals surface area contributed by atoms with Gasteiger partial charge in [0.1, 0.15) is 0 Å². The van der Waals surface area contributed by atoms with Gasteiger partial charge in [0.2, 0.25) is 0 Å². The first-order chi connectivity index (χ1) is 6.00. The van der Waals surface area contributed by atoms with Crippen LogP contribution in [0, 0.1) is 12.3 Å². The van der Waals surface area contributed by atoms with E-state index in [4.69, 9.17) is 6.42 Å². The lowest BCUT2D eigenvalue weighted by atomic mass is 10.3. The number of hydrogen-bond donors (Lipinski definition) is 0. The Bertz CT molecular complexity index is 274.